The number of thiophene rings is 1. The molecule has 0 saturated carbocycles. The van der Waals surface area contributed by atoms with Gasteiger partial charge in [-0.3, -0.25) is 0 Å². The maximum atomic E-state index is 11.0. The van der Waals surface area contributed by atoms with E-state index in [-0.39, 0.29) is 0 Å². The fraction of sp³-hybridized carbons (Fsp3) is 0.208. The van der Waals surface area contributed by atoms with Gasteiger partial charge in [-0.25, -0.2) is 14.3 Å². The molecule has 0 aliphatic carbocycles. The van der Waals surface area contributed by atoms with Crippen molar-refractivity contribution in [3.63, 3.8) is 0 Å². The van der Waals surface area contributed by atoms with Crippen molar-refractivity contribution in [2.75, 3.05) is 20.3 Å². The van der Waals surface area contributed by atoms with E-state index >= 15 is 0 Å². The van der Waals surface area contributed by atoms with Gasteiger partial charge in [0.05, 0.1) is 25.2 Å². The third-order valence-corrected chi connectivity index (χ3v) is 6.63. The quantitative estimate of drug-likeness (QED) is 0.468. The van der Waals surface area contributed by atoms with E-state index < -0.39 is 11.0 Å². The maximum absolute atomic E-state index is 11.0. The fourth-order valence-electron chi connectivity index (χ4n) is 3.32. The molecule has 1 atom stereocenters. The zero-order valence-electron chi connectivity index (χ0n) is 17.7. The summed E-state index contributed by atoms with van der Waals surface area (Å²) in [6.45, 7) is 1.27. The molecule has 4 aromatic rings. The molecular formula is C24H24N2O4S2. The average molecular weight is 469 g/mol. The summed E-state index contributed by atoms with van der Waals surface area (Å²) in [6, 6.07) is 19.5. The molecular weight excluding hydrogens is 444 g/mol. The predicted octanol–water partition coefficient (Wildman–Crippen LogP) is 4.72. The van der Waals surface area contributed by atoms with Crippen molar-refractivity contribution in [3.05, 3.63) is 77.3 Å². The van der Waals surface area contributed by atoms with Gasteiger partial charge >= 0.3 is 0 Å². The van der Waals surface area contributed by atoms with Crippen molar-refractivity contribution in [3.8, 4) is 17.2 Å². The van der Waals surface area contributed by atoms with Gasteiger partial charge in [0.25, 0.3) is 0 Å². The van der Waals surface area contributed by atoms with Crippen LogP contribution in [0.25, 0.3) is 10.2 Å². The van der Waals surface area contributed by atoms with Crippen LogP contribution < -0.4 is 19.3 Å². The van der Waals surface area contributed by atoms with E-state index in [1.54, 1.807) is 36.6 Å². The van der Waals surface area contributed by atoms with Crippen LogP contribution in [0.2, 0.25) is 0 Å². The van der Waals surface area contributed by atoms with Crippen LogP contribution in [0, 0.1) is 0 Å². The van der Waals surface area contributed by atoms with Crippen molar-refractivity contribution in [1.29, 1.82) is 0 Å². The van der Waals surface area contributed by atoms with Gasteiger partial charge in [-0.15, -0.1) is 11.3 Å². The molecule has 1 aliphatic heterocycles. The van der Waals surface area contributed by atoms with Gasteiger partial charge in [0.1, 0.15) is 21.6 Å². The Bertz CT molecular complexity index is 1190. The lowest BCUT2D eigenvalue weighted by molar-refractivity contribution is 0.297. The number of fused-ring (bicyclic) bond motifs is 2. The Morgan fingerprint density at radius 2 is 1.88 bits per heavy atom. The number of ether oxygens (including phenoxy) is 3. The number of methoxy groups -OCH3 is 1. The van der Waals surface area contributed by atoms with Crippen molar-refractivity contribution >= 4 is 32.5 Å². The lowest BCUT2D eigenvalue weighted by Crippen LogP contribution is -2.03. The van der Waals surface area contributed by atoms with E-state index in [1.807, 2.05) is 30.5 Å². The molecule has 0 fully saturated rings. The summed E-state index contributed by atoms with van der Waals surface area (Å²) >= 11 is 1.74. The second kappa shape index (κ2) is 10.6. The summed E-state index contributed by atoms with van der Waals surface area (Å²) in [5.41, 5.74) is 1.21. The van der Waals surface area contributed by atoms with E-state index in [9.17, 15) is 4.21 Å². The Morgan fingerprint density at radius 1 is 1.06 bits per heavy atom. The van der Waals surface area contributed by atoms with Crippen LogP contribution in [0.4, 0.5) is 0 Å². The highest BCUT2D eigenvalue weighted by molar-refractivity contribution is 7.82. The predicted molar refractivity (Wildman–Crippen MR) is 128 cm³/mol. The second-order valence-electron chi connectivity index (χ2n) is 7.06. The summed E-state index contributed by atoms with van der Waals surface area (Å²) in [4.78, 5) is 7.34. The van der Waals surface area contributed by atoms with Crippen LogP contribution in [-0.4, -0.2) is 29.5 Å². The lowest BCUT2D eigenvalue weighted by atomic mass is 10.1. The van der Waals surface area contributed by atoms with Gasteiger partial charge in [-0.1, -0.05) is 24.3 Å². The highest BCUT2D eigenvalue weighted by atomic mass is 32.2. The largest absolute Gasteiger partial charge is 0.496 e. The third-order valence-electron chi connectivity index (χ3n) is 4.85. The monoisotopic (exact) mass is 468 g/mol. The molecule has 1 aliphatic rings. The molecule has 2 aromatic carbocycles. The van der Waals surface area contributed by atoms with E-state index in [2.05, 4.69) is 23.2 Å². The molecule has 5 rings (SSSR count). The van der Waals surface area contributed by atoms with Crippen LogP contribution in [0.3, 0.4) is 0 Å². The molecule has 0 spiro atoms. The van der Waals surface area contributed by atoms with Crippen LogP contribution >= 0.6 is 11.3 Å². The van der Waals surface area contributed by atoms with Crippen molar-refractivity contribution in [2.45, 2.75) is 17.7 Å². The molecule has 2 N–H and O–H groups in total. The highest BCUT2D eigenvalue weighted by Gasteiger charge is 2.11. The smallest absolute Gasteiger partial charge is 0.162 e. The molecule has 1 unspecified atom stereocenters. The third kappa shape index (κ3) is 5.45. The second-order valence-corrected chi connectivity index (χ2v) is 9.24. The average Bonchev–Trinajstić information content (AvgIpc) is 3.07. The molecule has 0 radical (unpaired) electrons. The number of benzene rings is 2. The lowest BCUT2D eigenvalue weighted by Gasteiger charge is -2.07. The standard InChI is InChI=1S/C15H13NOS.C9H11NO3S/c1-17-14-7-3-2-5-11(14)9-13-10-12-6-4-8-16-15(12)18-13;10-14(11)7-2-3-8-9(6-7)13-5-1-4-12-8/h2-8,10H,9H2,1H3;2-3,6H,1,4-5,10H2. The molecule has 8 heteroatoms. The first kappa shape index (κ1) is 22.3. The maximum Gasteiger partial charge on any atom is 0.162 e. The molecule has 0 bridgehead atoms. The Kier molecular flexibility index (Phi) is 7.36. The summed E-state index contributed by atoms with van der Waals surface area (Å²) in [5, 5.41) is 6.48. The Labute approximate surface area is 193 Å². The topological polar surface area (TPSA) is 83.7 Å². The number of hydrogen-bond acceptors (Lipinski definition) is 6. The first-order valence-electron chi connectivity index (χ1n) is 10.1. The summed E-state index contributed by atoms with van der Waals surface area (Å²) < 4.78 is 27.2. The summed E-state index contributed by atoms with van der Waals surface area (Å²) in [7, 11) is 0.245. The van der Waals surface area contributed by atoms with Crippen LogP contribution in [0.15, 0.2) is 71.8 Å². The van der Waals surface area contributed by atoms with Crippen molar-refractivity contribution in [1.82, 2.24) is 4.98 Å². The van der Waals surface area contributed by atoms with Crippen molar-refractivity contribution in [2.24, 2.45) is 5.14 Å². The molecule has 6 nitrogen and oxygen atoms in total. The van der Waals surface area contributed by atoms with E-state index in [1.165, 1.54) is 15.8 Å². The van der Waals surface area contributed by atoms with Gasteiger partial charge in [-0.2, -0.15) is 0 Å². The van der Waals surface area contributed by atoms with Gasteiger partial charge in [-0.05, 0) is 35.9 Å². The molecule has 0 saturated heterocycles. The minimum atomic E-state index is -1.47. The molecule has 166 valence electrons. The molecule has 2 aromatic heterocycles. The number of nitrogens with zero attached hydrogens (tertiary/aromatic N) is 1. The number of hydrogen-bond donors (Lipinski definition) is 1. The van der Waals surface area contributed by atoms with Gasteiger partial charge in [0.2, 0.25) is 0 Å². The zero-order valence-corrected chi connectivity index (χ0v) is 19.3. The Balaban J connectivity index is 0.000000158. The summed E-state index contributed by atoms with van der Waals surface area (Å²) in [5.74, 6) is 2.26. The van der Waals surface area contributed by atoms with Gasteiger partial charge in [0, 0.05) is 35.4 Å². The number of aromatic nitrogens is 1. The number of nitrogens with two attached hydrogens (primary N) is 1. The van der Waals surface area contributed by atoms with Crippen LogP contribution in [0.1, 0.15) is 16.9 Å². The first-order valence-corrected chi connectivity index (χ1v) is 12.2. The zero-order chi connectivity index (χ0) is 22.3. The molecule has 32 heavy (non-hydrogen) atoms. The van der Waals surface area contributed by atoms with Gasteiger partial charge in [0.15, 0.2) is 11.5 Å². The minimum absolute atomic E-state index is 0.550. The summed E-state index contributed by atoms with van der Waals surface area (Å²) in [6.07, 6.45) is 3.59. The van der Waals surface area contributed by atoms with E-state index in [4.69, 9.17) is 19.3 Å². The Hall–Kier alpha value is -2.94. The highest BCUT2D eigenvalue weighted by Crippen LogP contribution is 2.31. The molecule has 0 amide bonds. The Morgan fingerprint density at radius 3 is 2.66 bits per heavy atom. The van der Waals surface area contributed by atoms with E-state index in [0.717, 1.165) is 23.4 Å². The van der Waals surface area contributed by atoms with Crippen molar-refractivity contribution < 1.29 is 18.4 Å². The van der Waals surface area contributed by atoms with E-state index in [0.29, 0.717) is 29.6 Å². The fourth-order valence-corrected chi connectivity index (χ4v) is 4.76. The normalized spacial score (nSPS) is 13.6. The number of rotatable bonds is 4. The first-order chi connectivity index (χ1) is 15.6. The number of para-hydroxylation sites is 1. The SMILES string of the molecule is COc1ccccc1Cc1cc2cccnc2s1.NS(=O)c1ccc2c(c1)OCCCO2. The van der Waals surface area contributed by atoms with Crippen LogP contribution in [-0.2, 0) is 17.4 Å². The molecule has 3 heterocycles. The van der Waals surface area contributed by atoms with Gasteiger partial charge < -0.3 is 14.2 Å². The number of pyridine rings is 1. The van der Waals surface area contributed by atoms with Crippen LogP contribution in [0.5, 0.6) is 17.2 Å². The minimum Gasteiger partial charge on any atom is -0.496 e.